The second kappa shape index (κ2) is 6.10. The van der Waals surface area contributed by atoms with E-state index in [2.05, 4.69) is 4.98 Å². The number of carbonyl (C=O) groups excluding carboxylic acids is 1. The summed E-state index contributed by atoms with van der Waals surface area (Å²) < 4.78 is 40.8. The van der Waals surface area contributed by atoms with Crippen molar-refractivity contribution in [3.05, 3.63) is 45.9 Å². The van der Waals surface area contributed by atoms with E-state index in [1.54, 1.807) is 19.1 Å². The van der Waals surface area contributed by atoms with Crippen LogP contribution < -0.4 is 4.90 Å². The lowest BCUT2D eigenvalue weighted by molar-refractivity contribution is -0.267. The van der Waals surface area contributed by atoms with E-state index in [4.69, 9.17) is 0 Å². The van der Waals surface area contributed by atoms with Gasteiger partial charge in [-0.1, -0.05) is 18.2 Å². The van der Waals surface area contributed by atoms with Gasteiger partial charge in [-0.3, -0.25) is 4.79 Å². The lowest BCUT2D eigenvalue weighted by atomic mass is 9.98. The Morgan fingerprint density at radius 3 is 2.68 bits per heavy atom. The zero-order valence-electron chi connectivity index (χ0n) is 13.7. The van der Waals surface area contributed by atoms with Crippen LogP contribution in [0.5, 0.6) is 0 Å². The molecule has 0 aliphatic carbocycles. The largest absolute Gasteiger partial charge is 0.424 e. The lowest BCUT2D eigenvalue weighted by Gasteiger charge is -2.31. The zero-order valence-corrected chi connectivity index (χ0v) is 14.5. The van der Waals surface area contributed by atoms with Crippen molar-refractivity contribution < 1.29 is 23.1 Å². The molecular weight excluding hydrogens is 353 g/mol. The highest BCUT2D eigenvalue weighted by Crippen LogP contribution is 2.44. The number of thiazole rings is 1. The molecule has 1 aliphatic rings. The molecule has 25 heavy (non-hydrogen) atoms. The first-order valence-corrected chi connectivity index (χ1v) is 8.63. The lowest BCUT2D eigenvalue weighted by Crippen LogP contribution is -2.48. The summed E-state index contributed by atoms with van der Waals surface area (Å²) in [6.07, 6.45) is -5.53. The van der Waals surface area contributed by atoms with Crippen LogP contribution in [0.2, 0.25) is 0 Å². The molecule has 2 heterocycles. The Bertz CT molecular complexity index is 805. The molecule has 0 saturated carbocycles. The summed E-state index contributed by atoms with van der Waals surface area (Å²) in [6.45, 7) is 3.31. The number of carbonyl (C=O) groups is 1. The van der Waals surface area contributed by atoms with Gasteiger partial charge in [0.15, 0.2) is 0 Å². The maximum absolute atomic E-state index is 13.6. The number of benzene rings is 1. The van der Waals surface area contributed by atoms with E-state index in [1.807, 2.05) is 12.1 Å². The molecule has 8 heteroatoms. The Labute approximate surface area is 146 Å². The molecule has 3 rings (SSSR count). The van der Waals surface area contributed by atoms with Crippen molar-refractivity contribution in [2.45, 2.75) is 44.5 Å². The second-order valence-electron chi connectivity index (χ2n) is 6.27. The van der Waals surface area contributed by atoms with Gasteiger partial charge < -0.3 is 10.0 Å². The highest BCUT2D eigenvalue weighted by Gasteiger charge is 2.58. The third-order valence-corrected chi connectivity index (χ3v) is 5.44. The van der Waals surface area contributed by atoms with Gasteiger partial charge in [0.25, 0.3) is 0 Å². The molecule has 2 aromatic rings. The van der Waals surface area contributed by atoms with Crippen LogP contribution in [0.1, 0.15) is 29.6 Å². The van der Waals surface area contributed by atoms with Crippen molar-refractivity contribution in [3.8, 4) is 0 Å². The molecule has 1 amide bonds. The molecule has 4 nitrogen and oxygen atoms in total. The van der Waals surface area contributed by atoms with Crippen LogP contribution in [0.3, 0.4) is 0 Å². The van der Waals surface area contributed by atoms with Crippen LogP contribution in [0.4, 0.5) is 18.9 Å². The van der Waals surface area contributed by atoms with Crippen LogP contribution in [0, 0.1) is 6.92 Å². The molecule has 0 unspecified atom stereocenters. The number of para-hydroxylation sites is 1. The van der Waals surface area contributed by atoms with Crippen molar-refractivity contribution >= 4 is 22.9 Å². The third-order valence-electron chi connectivity index (χ3n) is 4.32. The Morgan fingerprint density at radius 1 is 1.40 bits per heavy atom. The molecule has 1 aliphatic heterocycles. The van der Waals surface area contributed by atoms with Gasteiger partial charge in [-0.2, -0.15) is 13.2 Å². The molecular formula is C17H17F3N2O2S. The van der Waals surface area contributed by atoms with Gasteiger partial charge in [-0.15, -0.1) is 11.3 Å². The highest BCUT2D eigenvalue weighted by atomic mass is 32.1. The first-order valence-electron chi connectivity index (χ1n) is 7.75. The Morgan fingerprint density at radius 2 is 2.08 bits per heavy atom. The number of rotatable bonds is 3. The molecule has 1 N–H and O–H groups in total. The standard InChI is InChI=1S/C17H17F3N2O2S/c1-10-9-25-15(21-10)16(24,17(18,19)20)8-14(23)22-11(2)7-12-5-3-4-6-13(12)22/h3-6,9,11,24H,7-8H2,1-2H3/t11-,16-/m1/s1. The van der Waals surface area contributed by atoms with Gasteiger partial charge in [0.1, 0.15) is 5.01 Å². The summed E-state index contributed by atoms with van der Waals surface area (Å²) in [6, 6.07) is 6.85. The Balaban J connectivity index is 1.94. The van der Waals surface area contributed by atoms with Crippen molar-refractivity contribution in [1.82, 2.24) is 4.98 Å². The molecule has 2 atom stereocenters. The molecule has 0 fully saturated rings. The fourth-order valence-corrected chi connectivity index (χ4v) is 4.01. The average Bonchev–Trinajstić information content (AvgIpc) is 3.08. The van der Waals surface area contributed by atoms with Gasteiger partial charge in [0, 0.05) is 22.8 Å². The molecule has 0 saturated heterocycles. The number of fused-ring (bicyclic) bond motifs is 1. The van der Waals surface area contributed by atoms with Gasteiger partial charge in [-0.05, 0) is 31.9 Å². The predicted octanol–water partition coefficient (Wildman–Crippen LogP) is 3.57. The van der Waals surface area contributed by atoms with Crippen molar-refractivity contribution in [3.63, 3.8) is 0 Å². The number of aromatic nitrogens is 1. The van der Waals surface area contributed by atoms with E-state index in [0.29, 0.717) is 29.1 Å². The fourth-order valence-electron chi connectivity index (χ4n) is 3.09. The van der Waals surface area contributed by atoms with Crippen LogP contribution in [-0.4, -0.2) is 28.2 Å². The average molecular weight is 370 g/mol. The number of nitrogens with zero attached hydrogens (tertiary/aromatic N) is 2. The Kier molecular flexibility index (Phi) is 4.36. The van der Waals surface area contributed by atoms with E-state index < -0.39 is 29.1 Å². The number of aryl methyl sites for hydroxylation is 1. The second-order valence-corrected chi connectivity index (χ2v) is 7.13. The molecule has 1 aromatic carbocycles. The fraction of sp³-hybridized carbons (Fsp3) is 0.412. The minimum absolute atomic E-state index is 0.264. The minimum Gasteiger partial charge on any atom is -0.374 e. The maximum atomic E-state index is 13.6. The number of hydrogen-bond acceptors (Lipinski definition) is 4. The molecule has 1 aromatic heterocycles. The van der Waals surface area contributed by atoms with Gasteiger partial charge in [-0.25, -0.2) is 4.98 Å². The van der Waals surface area contributed by atoms with Gasteiger partial charge in [0.2, 0.25) is 11.5 Å². The van der Waals surface area contributed by atoms with Crippen LogP contribution in [0.15, 0.2) is 29.6 Å². The molecule has 0 bridgehead atoms. The molecule has 0 spiro atoms. The SMILES string of the molecule is Cc1csc([C@](O)(CC(=O)N2c3ccccc3C[C@H]2C)C(F)(F)F)n1. The number of amides is 1. The quantitative estimate of drug-likeness (QED) is 0.899. The third kappa shape index (κ3) is 3.04. The van der Waals surface area contributed by atoms with Crippen LogP contribution >= 0.6 is 11.3 Å². The minimum atomic E-state index is -5.00. The molecule has 134 valence electrons. The summed E-state index contributed by atoms with van der Waals surface area (Å²) in [5.41, 5.74) is -1.42. The summed E-state index contributed by atoms with van der Waals surface area (Å²) in [5.74, 6) is -0.773. The predicted molar refractivity (Wildman–Crippen MR) is 88.5 cm³/mol. The van der Waals surface area contributed by atoms with Crippen molar-refractivity contribution in [2.75, 3.05) is 4.90 Å². The number of aliphatic hydroxyl groups is 1. The van der Waals surface area contributed by atoms with E-state index in [1.165, 1.54) is 17.2 Å². The summed E-state index contributed by atoms with van der Waals surface area (Å²) in [5, 5.41) is 11.3. The number of hydrogen-bond donors (Lipinski definition) is 1. The van der Waals surface area contributed by atoms with E-state index in [-0.39, 0.29) is 6.04 Å². The number of anilines is 1. The summed E-state index contributed by atoms with van der Waals surface area (Å²) in [7, 11) is 0. The van der Waals surface area contributed by atoms with E-state index in [9.17, 15) is 23.1 Å². The maximum Gasteiger partial charge on any atom is 0.424 e. The molecule has 0 radical (unpaired) electrons. The first kappa shape index (κ1) is 17.9. The number of alkyl halides is 3. The van der Waals surface area contributed by atoms with Gasteiger partial charge >= 0.3 is 6.18 Å². The van der Waals surface area contributed by atoms with E-state index >= 15 is 0 Å². The highest BCUT2D eigenvalue weighted by molar-refractivity contribution is 7.09. The van der Waals surface area contributed by atoms with E-state index in [0.717, 1.165) is 5.56 Å². The topological polar surface area (TPSA) is 53.4 Å². The monoisotopic (exact) mass is 370 g/mol. The van der Waals surface area contributed by atoms with Crippen LogP contribution in [0.25, 0.3) is 0 Å². The first-order chi connectivity index (χ1) is 11.6. The summed E-state index contributed by atoms with van der Waals surface area (Å²) >= 11 is 0.702. The number of halogens is 3. The van der Waals surface area contributed by atoms with Crippen LogP contribution in [-0.2, 0) is 16.8 Å². The zero-order chi connectivity index (χ0) is 18.4. The van der Waals surface area contributed by atoms with Crippen molar-refractivity contribution in [2.24, 2.45) is 0 Å². The normalized spacial score (nSPS) is 19.6. The Hall–Kier alpha value is -1.93. The van der Waals surface area contributed by atoms with Gasteiger partial charge in [0.05, 0.1) is 6.42 Å². The van der Waals surface area contributed by atoms with Crippen molar-refractivity contribution in [1.29, 1.82) is 0 Å². The summed E-state index contributed by atoms with van der Waals surface area (Å²) in [4.78, 5) is 17.8. The smallest absolute Gasteiger partial charge is 0.374 e.